The molecule has 4 heteroatoms. The Balaban J connectivity index is 1.48. The Morgan fingerprint density at radius 2 is 1.39 bits per heavy atom. The van der Waals surface area contributed by atoms with E-state index in [1.54, 1.807) is 0 Å². The topological polar surface area (TPSA) is 38.8 Å². The van der Waals surface area contributed by atoms with Crippen molar-refractivity contribution in [2.45, 2.75) is 103 Å². The van der Waals surface area contributed by atoms with Crippen LogP contribution in [0.15, 0.2) is 12.2 Å². The van der Waals surface area contributed by atoms with Gasteiger partial charge in [-0.25, -0.2) is 4.79 Å². The zero-order valence-corrected chi connectivity index (χ0v) is 20.7. The molecule has 0 bridgehead atoms. The standard InChI is InChI=1S/C27H49NO3/c1-5-6-7-8-23-9-11-24(12-10-23)13-14-25-15-17-26(18-16-25)30-19-20-31-27(29)22(2)21-28(3)4/h23-26H,2,5-21H2,1,3-4H3. The molecule has 0 aliphatic heterocycles. The third-order valence-electron chi connectivity index (χ3n) is 7.43. The van der Waals surface area contributed by atoms with E-state index in [2.05, 4.69) is 13.5 Å². The maximum Gasteiger partial charge on any atom is 0.334 e. The molecule has 0 N–H and O–H groups in total. The molecule has 2 aliphatic rings. The summed E-state index contributed by atoms with van der Waals surface area (Å²) in [5.74, 6) is 2.61. The molecule has 0 aromatic carbocycles. The van der Waals surface area contributed by atoms with Crippen LogP contribution in [0.2, 0.25) is 0 Å². The minimum atomic E-state index is -0.309. The third kappa shape index (κ3) is 11.0. The number of carbonyl (C=O) groups excluding carboxylic acids is 1. The van der Waals surface area contributed by atoms with E-state index in [4.69, 9.17) is 9.47 Å². The van der Waals surface area contributed by atoms with Gasteiger partial charge in [-0.05, 0) is 57.5 Å². The van der Waals surface area contributed by atoms with Crippen molar-refractivity contribution in [2.75, 3.05) is 33.9 Å². The van der Waals surface area contributed by atoms with Crippen LogP contribution in [-0.4, -0.2) is 50.8 Å². The molecule has 0 spiro atoms. The first kappa shape index (κ1) is 26.4. The molecular weight excluding hydrogens is 386 g/mol. The van der Waals surface area contributed by atoms with Crippen molar-refractivity contribution in [1.29, 1.82) is 0 Å². The number of likely N-dealkylation sites (N-methyl/N-ethyl adjacent to an activating group) is 1. The molecule has 0 saturated heterocycles. The Labute approximate surface area is 192 Å². The van der Waals surface area contributed by atoms with Crippen molar-refractivity contribution < 1.29 is 14.3 Å². The molecule has 180 valence electrons. The molecule has 0 amide bonds. The fourth-order valence-electron chi connectivity index (χ4n) is 5.45. The Hall–Kier alpha value is -0.870. The van der Waals surface area contributed by atoms with E-state index in [1.807, 2.05) is 19.0 Å². The molecule has 0 aromatic heterocycles. The van der Waals surface area contributed by atoms with Crippen LogP contribution in [0.3, 0.4) is 0 Å². The first-order chi connectivity index (χ1) is 15.0. The fraction of sp³-hybridized carbons (Fsp3) is 0.889. The first-order valence-electron chi connectivity index (χ1n) is 13.1. The average molecular weight is 436 g/mol. The van der Waals surface area contributed by atoms with E-state index < -0.39 is 0 Å². The van der Waals surface area contributed by atoms with Crippen molar-refractivity contribution in [1.82, 2.24) is 4.90 Å². The molecule has 0 heterocycles. The number of rotatable bonds is 14. The summed E-state index contributed by atoms with van der Waals surface area (Å²) < 4.78 is 11.2. The lowest BCUT2D eigenvalue weighted by Crippen LogP contribution is -2.25. The van der Waals surface area contributed by atoms with Gasteiger partial charge < -0.3 is 14.4 Å². The zero-order chi connectivity index (χ0) is 22.5. The lowest BCUT2D eigenvalue weighted by molar-refractivity contribution is -0.141. The van der Waals surface area contributed by atoms with E-state index in [9.17, 15) is 4.79 Å². The van der Waals surface area contributed by atoms with E-state index in [-0.39, 0.29) is 5.97 Å². The van der Waals surface area contributed by atoms with Gasteiger partial charge in [0.05, 0.1) is 12.7 Å². The van der Waals surface area contributed by atoms with Crippen LogP contribution in [0.5, 0.6) is 0 Å². The highest BCUT2D eigenvalue weighted by Gasteiger charge is 2.25. The minimum absolute atomic E-state index is 0.309. The van der Waals surface area contributed by atoms with Crippen molar-refractivity contribution in [3.8, 4) is 0 Å². The second-order valence-corrected chi connectivity index (χ2v) is 10.5. The summed E-state index contributed by atoms with van der Waals surface area (Å²) in [6.07, 6.45) is 19.8. The molecule has 2 aliphatic carbocycles. The zero-order valence-electron chi connectivity index (χ0n) is 20.7. The van der Waals surface area contributed by atoms with Gasteiger partial charge in [-0.3, -0.25) is 0 Å². The quantitative estimate of drug-likeness (QED) is 0.180. The van der Waals surface area contributed by atoms with E-state index in [1.165, 1.54) is 77.0 Å². The van der Waals surface area contributed by atoms with Gasteiger partial charge in [0.2, 0.25) is 0 Å². The van der Waals surface area contributed by atoms with Crippen LogP contribution in [0.25, 0.3) is 0 Å². The van der Waals surface area contributed by atoms with Gasteiger partial charge in [0.1, 0.15) is 6.61 Å². The summed E-state index contributed by atoms with van der Waals surface area (Å²) in [5, 5.41) is 0. The summed E-state index contributed by atoms with van der Waals surface area (Å²) in [7, 11) is 3.83. The summed E-state index contributed by atoms with van der Waals surface area (Å²) in [6.45, 7) is 7.44. The smallest absolute Gasteiger partial charge is 0.334 e. The number of hydrogen-bond acceptors (Lipinski definition) is 4. The van der Waals surface area contributed by atoms with Crippen LogP contribution in [0.1, 0.15) is 96.8 Å². The van der Waals surface area contributed by atoms with Gasteiger partial charge in [-0.1, -0.05) is 77.7 Å². The van der Waals surface area contributed by atoms with Crippen LogP contribution in [0.4, 0.5) is 0 Å². The third-order valence-corrected chi connectivity index (χ3v) is 7.43. The van der Waals surface area contributed by atoms with Crippen LogP contribution in [0, 0.1) is 17.8 Å². The second-order valence-electron chi connectivity index (χ2n) is 10.5. The summed E-state index contributed by atoms with van der Waals surface area (Å²) >= 11 is 0. The fourth-order valence-corrected chi connectivity index (χ4v) is 5.45. The van der Waals surface area contributed by atoms with Crippen LogP contribution in [-0.2, 0) is 14.3 Å². The van der Waals surface area contributed by atoms with E-state index in [0.717, 1.165) is 30.6 Å². The van der Waals surface area contributed by atoms with Gasteiger partial charge in [-0.15, -0.1) is 0 Å². The largest absolute Gasteiger partial charge is 0.460 e. The monoisotopic (exact) mass is 435 g/mol. The molecule has 31 heavy (non-hydrogen) atoms. The highest BCUT2D eigenvalue weighted by molar-refractivity contribution is 5.88. The molecule has 2 saturated carbocycles. The normalized spacial score (nSPS) is 26.7. The number of ether oxygens (including phenoxy) is 2. The SMILES string of the molecule is C=C(CN(C)C)C(=O)OCCOC1CCC(CCC2CCC(CCCCC)CC2)CC1. The van der Waals surface area contributed by atoms with Gasteiger partial charge in [0, 0.05) is 12.1 Å². The molecule has 0 radical (unpaired) electrons. The number of unbranched alkanes of at least 4 members (excludes halogenated alkanes) is 2. The predicted molar refractivity (Wildman–Crippen MR) is 129 cm³/mol. The Bertz CT molecular complexity index is 503. The van der Waals surface area contributed by atoms with E-state index >= 15 is 0 Å². The molecule has 0 atom stereocenters. The summed E-state index contributed by atoms with van der Waals surface area (Å²) in [6, 6.07) is 0. The highest BCUT2D eigenvalue weighted by atomic mass is 16.6. The lowest BCUT2D eigenvalue weighted by Gasteiger charge is -2.32. The van der Waals surface area contributed by atoms with Crippen molar-refractivity contribution in [3.63, 3.8) is 0 Å². The molecular formula is C27H49NO3. The number of nitrogens with zero attached hydrogens (tertiary/aromatic N) is 1. The molecule has 2 fully saturated rings. The van der Waals surface area contributed by atoms with Crippen LogP contribution < -0.4 is 0 Å². The van der Waals surface area contributed by atoms with Gasteiger partial charge in [-0.2, -0.15) is 0 Å². The Kier molecular flexibility index (Phi) is 12.8. The van der Waals surface area contributed by atoms with Gasteiger partial charge in [0.25, 0.3) is 0 Å². The Morgan fingerprint density at radius 3 is 1.94 bits per heavy atom. The molecule has 0 unspecified atom stereocenters. The number of esters is 1. The van der Waals surface area contributed by atoms with Gasteiger partial charge >= 0.3 is 5.97 Å². The number of hydrogen-bond donors (Lipinski definition) is 0. The Morgan fingerprint density at radius 1 is 0.839 bits per heavy atom. The minimum Gasteiger partial charge on any atom is -0.460 e. The predicted octanol–water partition coefficient (Wildman–Crippen LogP) is 6.39. The maximum atomic E-state index is 11.8. The van der Waals surface area contributed by atoms with Crippen molar-refractivity contribution >= 4 is 5.97 Å². The summed E-state index contributed by atoms with van der Waals surface area (Å²) in [5.41, 5.74) is 0.496. The lowest BCUT2D eigenvalue weighted by atomic mass is 9.76. The molecule has 2 rings (SSSR count). The first-order valence-corrected chi connectivity index (χ1v) is 13.1. The highest BCUT2D eigenvalue weighted by Crippen LogP contribution is 2.37. The van der Waals surface area contributed by atoms with Crippen molar-refractivity contribution in [2.24, 2.45) is 17.8 Å². The second kappa shape index (κ2) is 15.1. The average Bonchev–Trinajstić information content (AvgIpc) is 2.76. The van der Waals surface area contributed by atoms with Gasteiger partial charge in [0.15, 0.2) is 0 Å². The summed E-state index contributed by atoms with van der Waals surface area (Å²) in [4.78, 5) is 13.8. The van der Waals surface area contributed by atoms with E-state index in [0.29, 0.717) is 31.4 Å². The number of carbonyl (C=O) groups is 1. The van der Waals surface area contributed by atoms with Crippen molar-refractivity contribution in [3.05, 3.63) is 12.2 Å². The van der Waals surface area contributed by atoms with Crippen LogP contribution >= 0.6 is 0 Å². The molecule has 4 nitrogen and oxygen atoms in total. The molecule has 0 aromatic rings. The maximum absolute atomic E-state index is 11.8.